The molecule has 0 aliphatic rings. The Kier molecular flexibility index (Phi) is 3.76. The molecule has 3 nitrogen and oxygen atoms in total. The molecular weight excluding hydrogens is 234 g/mol. The maximum atomic E-state index is 6.07. The number of hydrogen-bond donors (Lipinski definition) is 2. The van der Waals surface area contributed by atoms with Gasteiger partial charge in [0.15, 0.2) is 0 Å². The van der Waals surface area contributed by atoms with Gasteiger partial charge in [-0.2, -0.15) is 0 Å². The average molecular weight is 253 g/mol. The number of anilines is 4. The number of rotatable bonds is 4. The molecule has 2 aromatic carbocycles. The number of nitrogen functional groups attached to an aromatic ring is 2. The van der Waals surface area contributed by atoms with Crippen molar-refractivity contribution in [2.45, 2.75) is 6.92 Å². The largest absolute Gasteiger partial charge is 0.399 e. The molecule has 3 heteroatoms. The predicted molar refractivity (Wildman–Crippen MR) is 83.6 cm³/mol. The Balaban J connectivity index is 2.48. The van der Waals surface area contributed by atoms with Crippen molar-refractivity contribution >= 4 is 22.7 Å². The Morgan fingerprint density at radius 1 is 1.16 bits per heavy atom. The quantitative estimate of drug-likeness (QED) is 0.648. The van der Waals surface area contributed by atoms with Crippen LogP contribution in [-0.4, -0.2) is 6.54 Å². The van der Waals surface area contributed by atoms with Crippen LogP contribution in [0.2, 0.25) is 0 Å². The molecule has 0 radical (unpaired) electrons. The maximum absolute atomic E-state index is 6.07. The van der Waals surface area contributed by atoms with Crippen molar-refractivity contribution in [3.05, 3.63) is 60.7 Å². The van der Waals surface area contributed by atoms with Crippen LogP contribution in [0.25, 0.3) is 0 Å². The minimum atomic E-state index is 0.670. The first-order chi connectivity index (χ1) is 9.11. The van der Waals surface area contributed by atoms with Gasteiger partial charge in [-0.3, -0.25) is 0 Å². The Labute approximate surface area is 114 Å². The number of nitrogens with zero attached hydrogens (tertiary/aromatic N) is 1. The van der Waals surface area contributed by atoms with Gasteiger partial charge in [0.2, 0.25) is 0 Å². The summed E-state index contributed by atoms with van der Waals surface area (Å²) < 4.78 is 0. The van der Waals surface area contributed by atoms with Gasteiger partial charge in [0.1, 0.15) is 0 Å². The monoisotopic (exact) mass is 253 g/mol. The van der Waals surface area contributed by atoms with Gasteiger partial charge in [-0.15, -0.1) is 6.58 Å². The SMILES string of the molecule is C=CCN(c1cccc(C)c1)c1ccc(N)cc1N. The number of nitrogens with two attached hydrogens (primary N) is 2. The van der Waals surface area contributed by atoms with Gasteiger partial charge in [-0.25, -0.2) is 0 Å². The van der Waals surface area contributed by atoms with Crippen molar-refractivity contribution in [3.63, 3.8) is 0 Å². The van der Waals surface area contributed by atoms with Gasteiger partial charge in [-0.05, 0) is 42.8 Å². The highest BCUT2D eigenvalue weighted by molar-refractivity contribution is 5.77. The topological polar surface area (TPSA) is 55.3 Å². The molecule has 19 heavy (non-hydrogen) atoms. The Hall–Kier alpha value is -2.42. The molecule has 4 N–H and O–H groups in total. The second-order valence-electron chi connectivity index (χ2n) is 4.56. The lowest BCUT2D eigenvalue weighted by molar-refractivity contribution is 1.10. The lowest BCUT2D eigenvalue weighted by Crippen LogP contribution is -2.18. The standard InChI is InChI=1S/C16H19N3/c1-3-9-19(14-6-4-5-12(2)10-14)16-8-7-13(17)11-15(16)18/h3-8,10-11H,1,9,17-18H2,2H3. The van der Waals surface area contributed by atoms with E-state index < -0.39 is 0 Å². The molecule has 0 atom stereocenters. The summed E-state index contributed by atoms with van der Waals surface area (Å²) in [6.45, 7) is 6.58. The molecule has 0 amide bonds. The number of hydrogen-bond acceptors (Lipinski definition) is 3. The van der Waals surface area contributed by atoms with Crippen LogP contribution in [-0.2, 0) is 0 Å². The molecule has 0 aliphatic heterocycles. The predicted octanol–water partition coefficient (Wildman–Crippen LogP) is 3.48. The van der Waals surface area contributed by atoms with E-state index in [4.69, 9.17) is 11.5 Å². The molecule has 0 aliphatic carbocycles. The van der Waals surface area contributed by atoms with Crippen LogP contribution in [0.1, 0.15) is 5.56 Å². The van der Waals surface area contributed by atoms with Crippen molar-refractivity contribution < 1.29 is 0 Å². The van der Waals surface area contributed by atoms with Crippen molar-refractivity contribution in [2.24, 2.45) is 0 Å². The third-order valence-corrected chi connectivity index (χ3v) is 2.97. The third kappa shape index (κ3) is 2.88. The third-order valence-electron chi connectivity index (χ3n) is 2.97. The molecule has 0 saturated heterocycles. The molecule has 0 fully saturated rings. The Morgan fingerprint density at radius 3 is 2.58 bits per heavy atom. The first-order valence-electron chi connectivity index (χ1n) is 6.22. The molecule has 0 aromatic heterocycles. The van der Waals surface area contributed by atoms with E-state index in [1.807, 2.05) is 24.3 Å². The summed E-state index contributed by atoms with van der Waals surface area (Å²) in [4.78, 5) is 2.12. The Bertz CT molecular complexity index is 590. The summed E-state index contributed by atoms with van der Waals surface area (Å²) in [7, 11) is 0. The molecule has 0 unspecified atom stereocenters. The summed E-state index contributed by atoms with van der Waals surface area (Å²) in [5.41, 5.74) is 16.4. The summed E-state index contributed by atoms with van der Waals surface area (Å²) in [5, 5.41) is 0. The van der Waals surface area contributed by atoms with Gasteiger partial charge in [0.05, 0.1) is 11.4 Å². The highest BCUT2D eigenvalue weighted by atomic mass is 15.1. The van der Waals surface area contributed by atoms with Gasteiger partial charge in [-0.1, -0.05) is 18.2 Å². The summed E-state index contributed by atoms with van der Waals surface area (Å²) in [5.74, 6) is 0. The van der Waals surface area contributed by atoms with Crippen LogP contribution in [0.15, 0.2) is 55.1 Å². The fourth-order valence-corrected chi connectivity index (χ4v) is 2.09. The maximum Gasteiger partial charge on any atom is 0.0648 e. The van der Waals surface area contributed by atoms with E-state index >= 15 is 0 Å². The van der Waals surface area contributed by atoms with Crippen LogP contribution in [0.4, 0.5) is 22.7 Å². The molecule has 0 heterocycles. The van der Waals surface area contributed by atoms with Gasteiger partial charge < -0.3 is 16.4 Å². The second-order valence-corrected chi connectivity index (χ2v) is 4.56. The normalized spacial score (nSPS) is 10.2. The Morgan fingerprint density at radius 2 is 1.95 bits per heavy atom. The van der Waals surface area contributed by atoms with E-state index in [9.17, 15) is 0 Å². The number of benzene rings is 2. The lowest BCUT2D eigenvalue weighted by Gasteiger charge is -2.25. The average Bonchev–Trinajstić information content (AvgIpc) is 2.37. The molecular formula is C16H19N3. The van der Waals surface area contributed by atoms with Crippen LogP contribution in [0, 0.1) is 6.92 Å². The van der Waals surface area contributed by atoms with Crippen molar-refractivity contribution in [1.82, 2.24) is 0 Å². The zero-order valence-corrected chi connectivity index (χ0v) is 11.1. The fourth-order valence-electron chi connectivity index (χ4n) is 2.09. The van der Waals surface area contributed by atoms with E-state index in [-0.39, 0.29) is 0 Å². The van der Waals surface area contributed by atoms with E-state index in [2.05, 4.69) is 36.6 Å². The molecule has 0 bridgehead atoms. The summed E-state index contributed by atoms with van der Waals surface area (Å²) in [6, 6.07) is 13.9. The van der Waals surface area contributed by atoms with Gasteiger partial charge in [0.25, 0.3) is 0 Å². The van der Waals surface area contributed by atoms with E-state index in [1.165, 1.54) is 5.56 Å². The van der Waals surface area contributed by atoms with Crippen LogP contribution < -0.4 is 16.4 Å². The zero-order chi connectivity index (χ0) is 13.8. The van der Waals surface area contributed by atoms with Gasteiger partial charge >= 0.3 is 0 Å². The lowest BCUT2D eigenvalue weighted by atomic mass is 10.1. The molecule has 2 rings (SSSR count). The first-order valence-corrected chi connectivity index (χ1v) is 6.22. The fraction of sp³-hybridized carbons (Fsp3) is 0.125. The smallest absolute Gasteiger partial charge is 0.0648 e. The minimum absolute atomic E-state index is 0.670. The van der Waals surface area contributed by atoms with Crippen molar-refractivity contribution in [1.29, 1.82) is 0 Å². The molecule has 98 valence electrons. The van der Waals surface area contributed by atoms with Crippen molar-refractivity contribution in [3.8, 4) is 0 Å². The highest BCUT2D eigenvalue weighted by Crippen LogP contribution is 2.31. The van der Waals surface area contributed by atoms with E-state index in [0.29, 0.717) is 17.9 Å². The van der Waals surface area contributed by atoms with Crippen LogP contribution >= 0.6 is 0 Å². The molecule has 0 saturated carbocycles. The van der Waals surface area contributed by atoms with E-state index in [1.54, 1.807) is 6.07 Å². The van der Waals surface area contributed by atoms with Gasteiger partial charge in [0, 0.05) is 17.9 Å². The molecule has 0 spiro atoms. The summed E-state index contributed by atoms with van der Waals surface area (Å²) in [6.07, 6.45) is 1.86. The van der Waals surface area contributed by atoms with E-state index in [0.717, 1.165) is 11.4 Å². The second kappa shape index (κ2) is 5.48. The zero-order valence-electron chi connectivity index (χ0n) is 11.1. The molecule has 2 aromatic rings. The first kappa shape index (κ1) is 13.0. The minimum Gasteiger partial charge on any atom is -0.399 e. The summed E-state index contributed by atoms with van der Waals surface area (Å²) >= 11 is 0. The van der Waals surface area contributed by atoms with Crippen molar-refractivity contribution in [2.75, 3.05) is 22.9 Å². The van der Waals surface area contributed by atoms with Crippen LogP contribution in [0.3, 0.4) is 0 Å². The highest BCUT2D eigenvalue weighted by Gasteiger charge is 2.11. The number of aryl methyl sites for hydroxylation is 1. The van der Waals surface area contributed by atoms with Crippen LogP contribution in [0.5, 0.6) is 0 Å².